The molecule has 3 aliphatic heterocycles. The standard InChI is InChI=1S/C25H31N3O6/c1-4-8-18-16(13-27-12-7-10-15-9-5-6-11-17(15)27)22(30)26-24(31)28(18)23-21-20(19(14-29)32-23)33-25(2,3)34-21/h4-6,9,11,19-21,23,29H,1,7-8,10,12-14H2,2-3H3,(H,26,30,31)/t19-,20-,21-,23-/m1/s1. The van der Waals surface area contributed by atoms with Gasteiger partial charge >= 0.3 is 5.69 Å². The van der Waals surface area contributed by atoms with Gasteiger partial charge in [-0.15, -0.1) is 6.58 Å². The SMILES string of the molecule is C=CCc1c(CN2CCCc3ccccc32)c(=O)[nH]c(=O)n1[C@@H]1O[C@H](CO)[C@H]2OC(C)(C)O[C@H]21. The number of aromatic amines is 1. The third-order valence-electron chi connectivity index (χ3n) is 6.81. The summed E-state index contributed by atoms with van der Waals surface area (Å²) in [6.45, 7) is 8.31. The average molecular weight is 470 g/mol. The van der Waals surface area contributed by atoms with Gasteiger partial charge in [0.2, 0.25) is 0 Å². The van der Waals surface area contributed by atoms with Crippen molar-refractivity contribution in [1.29, 1.82) is 0 Å². The van der Waals surface area contributed by atoms with Crippen LogP contribution in [-0.4, -0.2) is 51.9 Å². The number of ether oxygens (including phenoxy) is 3. The Hall–Kier alpha value is -2.72. The quantitative estimate of drug-likeness (QED) is 0.620. The summed E-state index contributed by atoms with van der Waals surface area (Å²) in [5, 5.41) is 9.87. The van der Waals surface area contributed by atoms with Crippen LogP contribution in [-0.2, 0) is 33.6 Å². The van der Waals surface area contributed by atoms with E-state index in [0.717, 1.165) is 25.1 Å². The number of allylic oxidation sites excluding steroid dienone is 1. The number of anilines is 1. The molecule has 2 N–H and O–H groups in total. The van der Waals surface area contributed by atoms with Crippen LogP contribution in [0, 0.1) is 0 Å². The second kappa shape index (κ2) is 8.81. The highest BCUT2D eigenvalue weighted by atomic mass is 16.8. The van der Waals surface area contributed by atoms with Gasteiger partial charge in [0.25, 0.3) is 5.56 Å². The van der Waals surface area contributed by atoms with E-state index < -0.39 is 41.6 Å². The van der Waals surface area contributed by atoms with Crippen molar-refractivity contribution in [2.45, 2.75) is 70.0 Å². The van der Waals surface area contributed by atoms with Gasteiger partial charge in [-0.2, -0.15) is 0 Å². The van der Waals surface area contributed by atoms with E-state index >= 15 is 0 Å². The van der Waals surface area contributed by atoms with Crippen LogP contribution in [0.1, 0.15) is 43.3 Å². The molecule has 0 unspecified atom stereocenters. The Kier molecular flexibility index (Phi) is 5.97. The minimum atomic E-state index is -0.879. The lowest BCUT2D eigenvalue weighted by atomic mass is 10.0. The summed E-state index contributed by atoms with van der Waals surface area (Å²) >= 11 is 0. The molecule has 9 heteroatoms. The topological polar surface area (TPSA) is 106 Å². The molecular weight excluding hydrogens is 438 g/mol. The fourth-order valence-corrected chi connectivity index (χ4v) is 5.40. The summed E-state index contributed by atoms with van der Waals surface area (Å²) < 4.78 is 19.5. The zero-order chi connectivity index (χ0) is 24.0. The van der Waals surface area contributed by atoms with Gasteiger partial charge in [-0.1, -0.05) is 24.3 Å². The zero-order valence-electron chi connectivity index (χ0n) is 19.5. The molecule has 2 fully saturated rings. The molecule has 0 amide bonds. The van der Waals surface area contributed by atoms with Gasteiger partial charge in [-0.25, -0.2) is 4.79 Å². The third kappa shape index (κ3) is 3.92. The average Bonchev–Trinajstić information content (AvgIpc) is 3.29. The Morgan fingerprint density at radius 2 is 2.00 bits per heavy atom. The molecule has 1 aromatic heterocycles. The van der Waals surface area contributed by atoms with Crippen molar-refractivity contribution in [3.8, 4) is 0 Å². The number of rotatable bonds is 6. The Bertz CT molecular complexity index is 1200. The number of hydrogen-bond acceptors (Lipinski definition) is 7. The minimum Gasteiger partial charge on any atom is -0.394 e. The highest BCUT2D eigenvalue weighted by Gasteiger charge is 2.56. The first-order valence-electron chi connectivity index (χ1n) is 11.7. The number of benzene rings is 1. The molecule has 0 radical (unpaired) electrons. The zero-order valence-corrected chi connectivity index (χ0v) is 19.5. The van der Waals surface area contributed by atoms with Gasteiger partial charge in [-0.05, 0) is 38.3 Å². The monoisotopic (exact) mass is 469 g/mol. The maximum absolute atomic E-state index is 13.1. The number of aryl methyl sites for hydroxylation is 1. The Labute approximate surface area is 197 Å². The van der Waals surface area contributed by atoms with Crippen molar-refractivity contribution < 1.29 is 19.3 Å². The molecule has 9 nitrogen and oxygen atoms in total. The summed E-state index contributed by atoms with van der Waals surface area (Å²) in [4.78, 5) is 30.9. The van der Waals surface area contributed by atoms with Gasteiger partial charge in [-0.3, -0.25) is 14.3 Å². The van der Waals surface area contributed by atoms with E-state index in [-0.39, 0.29) is 6.61 Å². The summed E-state index contributed by atoms with van der Waals surface area (Å²) in [7, 11) is 0. The normalized spacial score (nSPS) is 27.4. The van der Waals surface area contributed by atoms with Gasteiger partial charge in [0.1, 0.15) is 18.3 Å². The van der Waals surface area contributed by atoms with Crippen LogP contribution in [0.25, 0.3) is 0 Å². The van der Waals surface area contributed by atoms with Crippen LogP contribution in [0.4, 0.5) is 5.69 Å². The molecule has 4 heterocycles. The van der Waals surface area contributed by atoms with Gasteiger partial charge in [0.05, 0.1) is 18.7 Å². The molecule has 2 saturated heterocycles. The van der Waals surface area contributed by atoms with E-state index in [0.29, 0.717) is 24.2 Å². The summed E-state index contributed by atoms with van der Waals surface area (Å²) in [6.07, 6.45) is 1.32. The largest absolute Gasteiger partial charge is 0.394 e. The smallest absolute Gasteiger partial charge is 0.330 e. The van der Waals surface area contributed by atoms with Gasteiger partial charge < -0.3 is 24.2 Å². The molecule has 3 aliphatic rings. The lowest BCUT2D eigenvalue weighted by molar-refractivity contribution is -0.200. The Balaban J connectivity index is 1.59. The summed E-state index contributed by atoms with van der Waals surface area (Å²) in [5.41, 5.74) is 2.36. The van der Waals surface area contributed by atoms with Crippen molar-refractivity contribution in [3.63, 3.8) is 0 Å². The molecule has 5 rings (SSSR count). The van der Waals surface area contributed by atoms with Crippen LogP contribution in [0.5, 0.6) is 0 Å². The van der Waals surface area contributed by atoms with E-state index in [4.69, 9.17) is 14.2 Å². The maximum atomic E-state index is 13.1. The van der Waals surface area contributed by atoms with Crippen molar-refractivity contribution in [1.82, 2.24) is 9.55 Å². The molecule has 1 aromatic carbocycles. The number of hydrogen-bond donors (Lipinski definition) is 2. The van der Waals surface area contributed by atoms with Crippen LogP contribution < -0.4 is 16.1 Å². The molecule has 0 saturated carbocycles. The second-order valence-electron chi connectivity index (χ2n) is 9.51. The first-order valence-corrected chi connectivity index (χ1v) is 11.7. The van der Waals surface area contributed by atoms with Crippen LogP contribution in [0.2, 0.25) is 0 Å². The third-order valence-corrected chi connectivity index (χ3v) is 6.81. The summed E-state index contributed by atoms with van der Waals surface area (Å²) in [6, 6.07) is 8.19. The van der Waals surface area contributed by atoms with E-state index in [9.17, 15) is 14.7 Å². The lowest BCUT2D eigenvalue weighted by Gasteiger charge is -2.32. The lowest BCUT2D eigenvalue weighted by Crippen LogP contribution is -2.43. The molecule has 0 aliphatic carbocycles. The molecule has 4 atom stereocenters. The molecule has 0 bridgehead atoms. The van der Waals surface area contributed by atoms with Crippen LogP contribution in [0.3, 0.4) is 0 Å². The number of para-hydroxylation sites is 1. The number of H-pyrrole nitrogens is 1. The number of fused-ring (bicyclic) bond motifs is 2. The number of aromatic nitrogens is 2. The van der Waals surface area contributed by atoms with E-state index in [2.05, 4.69) is 28.6 Å². The number of aliphatic hydroxyl groups is 1. The molecular formula is C25H31N3O6. The number of aliphatic hydroxyl groups excluding tert-OH is 1. The second-order valence-corrected chi connectivity index (χ2v) is 9.51. The first-order chi connectivity index (χ1) is 16.3. The molecule has 2 aromatic rings. The van der Waals surface area contributed by atoms with Gasteiger partial charge in [0, 0.05) is 24.3 Å². The van der Waals surface area contributed by atoms with Crippen molar-refractivity contribution in [2.75, 3.05) is 18.1 Å². The van der Waals surface area contributed by atoms with E-state index in [1.165, 1.54) is 10.1 Å². The fourth-order valence-electron chi connectivity index (χ4n) is 5.40. The minimum absolute atomic E-state index is 0.274. The molecule has 34 heavy (non-hydrogen) atoms. The van der Waals surface area contributed by atoms with E-state index in [1.807, 2.05) is 12.1 Å². The number of nitrogens with zero attached hydrogens (tertiary/aromatic N) is 2. The summed E-state index contributed by atoms with van der Waals surface area (Å²) in [5.74, 6) is -0.879. The van der Waals surface area contributed by atoms with Gasteiger partial charge in [0.15, 0.2) is 12.0 Å². The van der Waals surface area contributed by atoms with Crippen molar-refractivity contribution in [3.05, 3.63) is 74.6 Å². The maximum Gasteiger partial charge on any atom is 0.330 e. The van der Waals surface area contributed by atoms with Crippen LogP contribution >= 0.6 is 0 Å². The Morgan fingerprint density at radius 3 is 2.76 bits per heavy atom. The van der Waals surface area contributed by atoms with Crippen molar-refractivity contribution >= 4 is 5.69 Å². The van der Waals surface area contributed by atoms with E-state index in [1.54, 1.807) is 19.9 Å². The van der Waals surface area contributed by atoms with Crippen LogP contribution in [0.15, 0.2) is 46.5 Å². The molecule has 0 spiro atoms. The highest BCUT2D eigenvalue weighted by molar-refractivity contribution is 5.55. The fraction of sp³-hybridized carbons (Fsp3) is 0.520. The predicted octanol–water partition coefficient (Wildman–Crippen LogP) is 1.63. The first kappa shape index (κ1) is 23.0. The number of nitrogens with one attached hydrogen (secondary N) is 1. The molecule has 182 valence electrons. The van der Waals surface area contributed by atoms with Crippen molar-refractivity contribution in [2.24, 2.45) is 0 Å². The Morgan fingerprint density at radius 1 is 1.24 bits per heavy atom. The highest BCUT2D eigenvalue weighted by Crippen LogP contribution is 2.43. The predicted molar refractivity (Wildman–Crippen MR) is 126 cm³/mol.